The molecule has 0 unspecified atom stereocenters. The maximum atomic E-state index is 13.8. The largest absolute Gasteiger partial charge is 0.467 e. The van der Waals surface area contributed by atoms with E-state index in [4.69, 9.17) is 18.3 Å². The van der Waals surface area contributed by atoms with Gasteiger partial charge in [-0.2, -0.15) is 0 Å². The number of carbonyl (C=O) groups excluding carboxylic acids is 7. The predicted octanol–water partition coefficient (Wildman–Crippen LogP) is -0.621. The van der Waals surface area contributed by atoms with Crippen LogP contribution in [0.3, 0.4) is 0 Å². The second-order valence-electron chi connectivity index (χ2n) is 16.0. The quantitative estimate of drug-likeness (QED) is 0.0676. The highest BCUT2D eigenvalue weighted by molar-refractivity contribution is 5.99. The van der Waals surface area contributed by atoms with Crippen LogP contribution in [0.5, 0.6) is 0 Å². The second-order valence-corrected chi connectivity index (χ2v) is 16.0. The van der Waals surface area contributed by atoms with E-state index in [2.05, 4.69) is 41.3 Å². The maximum absolute atomic E-state index is 13.8. The van der Waals surface area contributed by atoms with Gasteiger partial charge in [0.15, 0.2) is 17.4 Å². The van der Waals surface area contributed by atoms with Gasteiger partial charge in [0, 0.05) is 0 Å². The monoisotopic (exact) mass is 928 g/mol. The van der Waals surface area contributed by atoms with E-state index in [0.29, 0.717) is 0 Å². The number of allylic oxidation sites excluding steroid dienone is 1. The minimum atomic E-state index is -2.02. The Bertz CT molecular complexity index is 2280. The van der Waals surface area contributed by atoms with E-state index in [1.165, 1.54) is 38.7 Å². The lowest BCUT2D eigenvalue weighted by Gasteiger charge is -2.32. The average molecular weight is 929 g/mol. The molecule has 9 N–H and O–H groups in total. The van der Waals surface area contributed by atoms with E-state index in [-0.39, 0.29) is 47.0 Å². The number of carbonyl (C=O) groups is 7. The number of nitrogens with one attached hydrogen (secondary N) is 5. The van der Waals surface area contributed by atoms with E-state index < -0.39 is 109 Å². The summed E-state index contributed by atoms with van der Waals surface area (Å²) >= 11 is 0. The van der Waals surface area contributed by atoms with Gasteiger partial charge in [-0.15, -0.1) is 0 Å². The zero-order chi connectivity index (χ0) is 49.3. The summed E-state index contributed by atoms with van der Waals surface area (Å²) in [6.07, 6.45) is -0.158. The van der Waals surface area contributed by atoms with Crippen molar-refractivity contribution in [2.24, 2.45) is 0 Å². The zero-order valence-corrected chi connectivity index (χ0v) is 37.8. The Hall–Kier alpha value is -6.73. The Kier molecular flexibility index (Phi) is 17.3. The second kappa shape index (κ2) is 22.0. The van der Waals surface area contributed by atoms with Crippen LogP contribution >= 0.6 is 0 Å². The van der Waals surface area contributed by atoms with Crippen LogP contribution in [0.15, 0.2) is 45.2 Å². The predicted molar refractivity (Wildman–Crippen MR) is 226 cm³/mol. The number of rotatable bonds is 19. The number of ether oxygens (including phenoxy) is 3. The number of amides is 6. The van der Waals surface area contributed by atoms with Crippen LogP contribution in [0.2, 0.25) is 0 Å². The molecule has 1 aromatic carbocycles. The molecule has 2 aromatic heterocycles. The summed E-state index contributed by atoms with van der Waals surface area (Å²) in [5.41, 5.74) is -3.25. The van der Waals surface area contributed by atoms with Crippen molar-refractivity contribution in [3.63, 3.8) is 0 Å². The van der Waals surface area contributed by atoms with E-state index in [1.807, 2.05) is 6.07 Å². The minimum absolute atomic E-state index is 0.00150. The van der Waals surface area contributed by atoms with Gasteiger partial charge in [0.1, 0.15) is 48.0 Å². The Labute approximate surface area is 378 Å². The van der Waals surface area contributed by atoms with Crippen molar-refractivity contribution >= 4 is 47.3 Å². The number of nitrogens with zero attached hydrogens (tertiary/aromatic N) is 3. The molecule has 24 heteroatoms. The van der Waals surface area contributed by atoms with Crippen LogP contribution in [-0.2, 0) is 40.0 Å². The summed E-state index contributed by atoms with van der Waals surface area (Å²) in [6.45, 7) is 8.71. The van der Waals surface area contributed by atoms with Crippen LogP contribution in [-0.4, -0.2) is 145 Å². The first kappa shape index (κ1) is 51.9. The number of aliphatic hydroxyl groups excluding tert-OH is 3. The number of benzene rings is 1. The van der Waals surface area contributed by atoms with Crippen LogP contribution < -0.4 is 26.6 Å². The molecule has 6 amide bonds. The summed E-state index contributed by atoms with van der Waals surface area (Å²) in [5.74, 6) is -6.64. The molecule has 360 valence electrons. The lowest BCUT2D eigenvalue weighted by Crippen LogP contribution is -2.62. The summed E-state index contributed by atoms with van der Waals surface area (Å²) in [7, 11) is 1.05. The molecule has 3 heterocycles. The van der Waals surface area contributed by atoms with Gasteiger partial charge >= 0.3 is 12.1 Å². The van der Waals surface area contributed by atoms with Crippen molar-refractivity contribution in [2.75, 3.05) is 26.9 Å². The van der Waals surface area contributed by atoms with Crippen molar-refractivity contribution in [1.82, 2.24) is 41.5 Å². The van der Waals surface area contributed by atoms with E-state index >= 15 is 0 Å². The summed E-state index contributed by atoms with van der Waals surface area (Å²) in [6, 6.07) is 1.33. The molecular weight excluding hydrogens is 873 g/mol. The molecule has 0 saturated carbocycles. The topological polar surface area (TPSA) is 344 Å². The van der Waals surface area contributed by atoms with Crippen molar-refractivity contribution < 1.29 is 77.0 Å². The summed E-state index contributed by atoms with van der Waals surface area (Å²) in [4.78, 5) is 102. The molecule has 6 atom stereocenters. The Morgan fingerprint density at radius 1 is 0.864 bits per heavy atom. The SMILES string of the molecule is C/C=C(\NC(=O)[C@@H]1[C@@H](C)OC(C)(C)N1C(=O)OCc1ccccc1)c1nc(C(=O)N[C@@H](CO)C(=O)N[C@H](C(=O)N[C@@H](CO)c2nc(C(=O)N[C@@H](CO)C(=O)OC)c(C)o2)C(C)(C)O)c(C)o1. The normalized spacial score (nSPS) is 17.7. The van der Waals surface area contributed by atoms with Crippen molar-refractivity contribution in [3.8, 4) is 0 Å². The third kappa shape index (κ3) is 12.3. The van der Waals surface area contributed by atoms with Gasteiger partial charge in [-0.3, -0.25) is 28.9 Å². The number of aliphatic hydroxyl groups is 4. The molecule has 1 fully saturated rings. The third-order valence-electron chi connectivity index (χ3n) is 10.1. The van der Waals surface area contributed by atoms with Crippen molar-refractivity contribution in [2.45, 2.75) is 110 Å². The zero-order valence-electron chi connectivity index (χ0n) is 37.8. The number of hydrogen-bond acceptors (Lipinski definition) is 18. The number of aryl methyl sites for hydroxylation is 2. The Morgan fingerprint density at radius 2 is 1.45 bits per heavy atom. The summed E-state index contributed by atoms with van der Waals surface area (Å²) in [5, 5.41) is 52.5. The van der Waals surface area contributed by atoms with Crippen LogP contribution in [0.4, 0.5) is 4.79 Å². The lowest BCUT2D eigenvalue weighted by molar-refractivity contribution is -0.143. The fourth-order valence-corrected chi connectivity index (χ4v) is 6.74. The van der Waals surface area contributed by atoms with Crippen LogP contribution in [0.25, 0.3) is 5.70 Å². The highest BCUT2D eigenvalue weighted by Crippen LogP contribution is 2.33. The first-order valence-electron chi connectivity index (χ1n) is 20.5. The first-order valence-corrected chi connectivity index (χ1v) is 20.5. The molecule has 24 nitrogen and oxygen atoms in total. The van der Waals surface area contributed by atoms with Crippen molar-refractivity contribution in [3.05, 3.63) is 76.7 Å². The highest BCUT2D eigenvalue weighted by atomic mass is 16.6. The molecule has 0 spiro atoms. The molecule has 3 aromatic rings. The minimum Gasteiger partial charge on any atom is -0.467 e. The number of methoxy groups -OCH3 is 1. The molecule has 0 radical (unpaired) electrons. The van der Waals surface area contributed by atoms with Gasteiger partial charge in [-0.1, -0.05) is 36.4 Å². The number of hydrogen-bond donors (Lipinski definition) is 9. The summed E-state index contributed by atoms with van der Waals surface area (Å²) < 4.78 is 27.2. The van der Waals surface area contributed by atoms with E-state index in [9.17, 15) is 54.0 Å². The van der Waals surface area contributed by atoms with Gasteiger partial charge in [-0.05, 0) is 61.0 Å². The molecule has 1 saturated heterocycles. The molecule has 0 bridgehead atoms. The van der Waals surface area contributed by atoms with Gasteiger partial charge in [-0.25, -0.2) is 19.6 Å². The van der Waals surface area contributed by atoms with E-state index in [0.717, 1.165) is 12.7 Å². The van der Waals surface area contributed by atoms with Crippen molar-refractivity contribution in [1.29, 1.82) is 0 Å². The van der Waals surface area contributed by atoms with Crippen LogP contribution in [0.1, 0.15) is 97.4 Å². The van der Waals surface area contributed by atoms with Gasteiger partial charge in [0.2, 0.25) is 29.5 Å². The standard InChI is InChI=1S/C42H56N8O16/c1-10-24(43-35(57)30-22(4)66-42(7,8)50(30)40(60)63-19-23-14-12-11-13-15-23)37-47-28(20(2)64-37)33(55)44-25(16-51)32(54)49-31(41(5,6)61)36(58)45-26(17-52)38-48-29(21(3)65-38)34(56)46-27(18-53)39(59)62-9/h10-15,22,25-27,30-31,51-53,61H,16-19H2,1-9H3,(H,43,57)(H,44,55)(H,45,58)(H,46,56)(H,49,54)/b24-10-/t22-,25+,26+,27+,30+,31-/m1/s1. The Balaban J connectivity index is 1.44. The number of oxazole rings is 2. The highest BCUT2D eigenvalue weighted by Gasteiger charge is 2.52. The number of esters is 1. The Morgan fingerprint density at radius 3 is 2.02 bits per heavy atom. The molecule has 1 aliphatic rings. The molecule has 1 aliphatic heterocycles. The number of aromatic nitrogens is 2. The van der Waals surface area contributed by atoms with E-state index in [1.54, 1.807) is 52.0 Å². The fraction of sp³-hybridized carbons (Fsp3) is 0.500. The fourth-order valence-electron chi connectivity index (χ4n) is 6.74. The van der Waals surface area contributed by atoms with Gasteiger partial charge in [0.05, 0.1) is 44.3 Å². The molecule has 4 rings (SSSR count). The molecule has 0 aliphatic carbocycles. The smallest absolute Gasteiger partial charge is 0.413 e. The maximum Gasteiger partial charge on any atom is 0.413 e. The van der Waals surface area contributed by atoms with Gasteiger partial charge in [0.25, 0.3) is 11.8 Å². The first-order chi connectivity index (χ1) is 31.0. The third-order valence-corrected chi connectivity index (χ3v) is 10.1. The van der Waals surface area contributed by atoms with Crippen LogP contribution in [0, 0.1) is 13.8 Å². The molecule has 66 heavy (non-hydrogen) atoms. The average Bonchev–Trinajstić information content (AvgIpc) is 3.93. The van der Waals surface area contributed by atoms with Gasteiger partial charge < -0.3 is 70.1 Å². The molecular formula is C42H56N8O16. The lowest BCUT2D eigenvalue weighted by atomic mass is 9.97.